The van der Waals surface area contributed by atoms with E-state index in [0.717, 1.165) is 23.4 Å². The number of para-hydroxylation sites is 1. The fraction of sp³-hybridized carbons (Fsp3) is 0.250. The summed E-state index contributed by atoms with van der Waals surface area (Å²) >= 11 is 12.2. The fourth-order valence-electron chi connectivity index (χ4n) is 3.50. The average molecular weight is 443 g/mol. The Balaban J connectivity index is 2.10. The van der Waals surface area contributed by atoms with Crippen LogP contribution in [0.5, 0.6) is 0 Å². The van der Waals surface area contributed by atoms with Gasteiger partial charge in [0, 0.05) is 29.0 Å². The molecule has 6 heteroatoms. The molecule has 0 bridgehead atoms. The van der Waals surface area contributed by atoms with E-state index in [-0.39, 0.29) is 11.0 Å². The van der Waals surface area contributed by atoms with E-state index >= 15 is 0 Å². The maximum absolute atomic E-state index is 13.1. The van der Waals surface area contributed by atoms with Gasteiger partial charge in [-0.3, -0.25) is 9.59 Å². The summed E-state index contributed by atoms with van der Waals surface area (Å²) in [5, 5.41) is 3.90. The monoisotopic (exact) mass is 442 g/mol. The van der Waals surface area contributed by atoms with Gasteiger partial charge in [-0.05, 0) is 42.7 Å². The summed E-state index contributed by atoms with van der Waals surface area (Å²) in [6, 6.07) is 16.2. The predicted molar refractivity (Wildman–Crippen MR) is 124 cm³/mol. The van der Waals surface area contributed by atoms with Gasteiger partial charge in [-0.15, -0.1) is 0 Å². The molecular weight excluding hydrogens is 419 g/mol. The number of hydrogen-bond donors (Lipinski definition) is 1. The Labute approximate surface area is 186 Å². The minimum Gasteiger partial charge on any atom is -0.343 e. The molecule has 1 aromatic heterocycles. The minimum absolute atomic E-state index is 0.169. The summed E-state index contributed by atoms with van der Waals surface area (Å²) in [7, 11) is 0. The maximum atomic E-state index is 13.1. The summed E-state index contributed by atoms with van der Waals surface area (Å²) in [4.78, 5) is 26.1. The van der Waals surface area contributed by atoms with Gasteiger partial charge in [0.1, 0.15) is 5.56 Å². The largest absolute Gasteiger partial charge is 0.343 e. The summed E-state index contributed by atoms with van der Waals surface area (Å²) in [5.74, 6) is -0.441. The van der Waals surface area contributed by atoms with Crippen LogP contribution < -0.4 is 10.7 Å². The maximum Gasteiger partial charge on any atom is 0.261 e. The number of rotatable bonds is 7. The highest BCUT2D eigenvalue weighted by molar-refractivity contribution is 6.34. The molecule has 0 aliphatic rings. The van der Waals surface area contributed by atoms with E-state index in [0.29, 0.717) is 35.1 Å². The van der Waals surface area contributed by atoms with Crippen molar-refractivity contribution in [2.75, 3.05) is 5.32 Å². The summed E-state index contributed by atoms with van der Waals surface area (Å²) in [5.41, 5.74) is 3.06. The highest BCUT2D eigenvalue weighted by Crippen LogP contribution is 2.22. The molecule has 156 valence electrons. The first-order valence-corrected chi connectivity index (χ1v) is 10.8. The van der Waals surface area contributed by atoms with Gasteiger partial charge in [-0.2, -0.15) is 0 Å². The van der Waals surface area contributed by atoms with Crippen molar-refractivity contribution in [1.29, 1.82) is 0 Å². The molecule has 4 nitrogen and oxygen atoms in total. The predicted octanol–water partition coefficient (Wildman–Crippen LogP) is 5.97. The topological polar surface area (TPSA) is 51.1 Å². The van der Waals surface area contributed by atoms with Crippen LogP contribution in [0.1, 0.15) is 47.6 Å². The second kappa shape index (κ2) is 9.96. The molecule has 0 radical (unpaired) electrons. The number of hydrogen-bond acceptors (Lipinski definition) is 2. The zero-order chi connectivity index (χ0) is 21.7. The molecule has 3 rings (SSSR count). The number of pyridine rings is 1. The summed E-state index contributed by atoms with van der Waals surface area (Å²) < 4.78 is 2.08. The number of halogens is 2. The normalized spacial score (nSPS) is 10.8. The second-order valence-corrected chi connectivity index (χ2v) is 7.92. The Morgan fingerprint density at radius 2 is 1.73 bits per heavy atom. The van der Waals surface area contributed by atoms with Crippen molar-refractivity contribution in [2.45, 2.75) is 39.7 Å². The van der Waals surface area contributed by atoms with Crippen LogP contribution in [-0.2, 0) is 19.4 Å². The van der Waals surface area contributed by atoms with Gasteiger partial charge in [-0.1, -0.05) is 67.7 Å². The van der Waals surface area contributed by atoms with Crippen molar-refractivity contribution in [3.63, 3.8) is 0 Å². The highest BCUT2D eigenvalue weighted by Gasteiger charge is 2.21. The van der Waals surface area contributed by atoms with Crippen molar-refractivity contribution < 1.29 is 4.79 Å². The molecule has 0 spiro atoms. The fourth-order valence-corrected chi connectivity index (χ4v) is 3.81. The Bertz CT molecular complexity index is 1110. The van der Waals surface area contributed by atoms with E-state index in [4.69, 9.17) is 23.2 Å². The Morgan fingerprint density at radius 1 is 1.03 bits per heavy atom. The van der Waals surface area contributed by atoms with E-state index < -0.39 is 5.91 Å². The number of carbonyl (C=O) groups excluding carboxylic acids is 1. The first kappa shape index (κ1) is 22.1. The van der Waals surface area contributed by atoms with Crippen LogP contribution in [0.4, 0.5) is 5.69 Å². The number of aryl methyl sites for hydroxylation is 1. The lowest BCUT2D eigenvalue weighted by Crippen LogP contribution is -2.29. The third kappa shape index (κ3) is 4.94. The number of nitrogens with one attached hydrogen (secondary N) is 1. The molecule has 1 heterocycles. The second-order valence-electron chi connectivity index (χ2n) is 7.07. The first-order chi connectivity index (χ1) is 14.4. The van der Waals surface area contributed by atoms with Gasteiger partial charge < -0.3 is 9.88 Å². The van der Waals surface area contributed by atoms with E-state index in [1.54, 1.807) is 30.3 Å². The Kier molecular flexibility index (Phi) is 7.35. The molecule has 0 unspecified atom stereocenters. The van der Waals surface area contributed by atoms with Gasteiger partial charge in [0.05, 0.1) is 10.7 Å². The van der Waals surface area contributed by atoms with E-state index in [1.165, 1.54) is 0 Å². The van der Waals surface area contributed by atoms with Crippen LogP contribution in [0, 0.1) is 0 Å². The molecule has 0 saturated heterocycles. The average Bonchev–Trinajstić information content (AvgIpc) is 2.73. The van der Waals surface area contributed by atoms with Crippen molar-refractivity contribution in [2.24, 2.45) is 0 Å². The molecule has 1 amide bonds. The van der Waals surface area contributed by atoms with E-state index in [2.05, 4.69) is 9.88 Å². The van der Waals surface area contributed by atoms with Crippen molar-refractivity contribution in [3.8, 4) is 0 Å². The summed E-state index contributed by atoms with van der Waals surface area (Å²) in [6.07, 6.45) is 2.10. The number of anilines is 1. The standard InChI is InChI=1S/C24H24Cl2N2O2/c1-3-7-21-23(24(30)27-20-9-6-5-8-19(20)26)22(29)14-18(4-2)28(21)15-16-10-12-17(25)13-11-16/h5-6,8-14H,3-4,7,15H2,1-2H3,(H,27,30). The molecule has 0 saturated carbocycles. The smallest absolute Gasteiger partial charge is 0.261 e. The molecule has 1 N–H and O–H groups in total. The molecule has 0 aliphatic heterocycles. The molecule has 2 aromatic carbocycles. The van der Waals surface area contributed by atoms with Gasteiger partial charge in [0.2, 0.25) is 0 Å². The van der Waals surface area contributed by atoms with Crippen molar-refractivity contribution in [1.82, 2.24) is 4.57 Å². The molecule has 0 aliphatic carbocycles. The third-order valence-electron chi connectivity index (χ3n) is 4.96. The third-order valence-corrected chi connectivity index (χ3v) is 5.54. The van der Waals surface area contributed by atoms with Crippen LogP contribution in [0.15, 0.2) is 59.4 Å². The number of nitrogens with zero attached hydrogens (tertiary/aromatic N) is 1. The molecular formula is C24H24Cl2N2O2. The lowest BCUT2D eigenvalue weighted by Gasteiger charge is -2.21. The van der Waals surface area contributed by atoms with E-state index in [9.17, 15) is 9.59 Å². The number of aromatic nitrogens is 1. The zero-order valence-electron chi connectivity index (χ0n) is 17.0. The number of benzene rings is 2. The van der Waals surface area contributed by atoms with Gasteiger partial charge in [0.25, 0.3) is 5.91 Å². The number of amides is 1. The Hall–Kier alpha value is -2.56. The summed E-state index contributed by atoms with van der Waals surface area (Å²) in [6.45, 7) is 4.60. The van der Waals surface area contributed by atoms with Crippen molar-refractivity contribution >= 4 is 34.8 Å². The van der Waals surface area contributed by atoms with Gasteiger partial charge in [-0.25, -0.2) is 0 Å². The lowest BCUT2D eigenvalue weighted by atomic mass is 10.0. The van der Waals surface area contributed by atoms with Crippen LogP contribution >= 0.6 is 23.2 Å². The SMILES string of the molecule is CCCc1c(C(=O)Nc2ccccc2Cl)c(=O)cc(CC)n1Cc1ccc(Cl)cc1. The van der Waals surface area contributed by atoms with Crippen LogP contribution in [0.25, 0.3) is 0 Å². The zero-order valence-corrected chi connectivity index (χ0v) is 18.6. The van der Waals surface area contributed by atoms with Crippen LogP contribution in [0.2, 0.25) is 10.0 Å². The van der Waals surface area contributed by atoms with Crippen LogP contribution in [0.3, 0.4) is 0 Å². The lowest BCUT2D eigenvalue weighted by molar-refractivity contribution is 0.102. The molecule has 0 atom stereocenters. The minimum atomic E-state index is -0.441. The first-order valence-electron chi connectivity index (χ1n) is 10.0. The quantitative estimate of drug-likeness (QED) is 0.489. The van der Waals surface area contributed by atoms with Gasteiger partial charge >= 0.3 is 0 Å². The van der Waals surface area contributed by atoms with E-state index in [1.807, 2.05) is 38.1 Å². The highest BCUT2D eigenvalue weighted by atomic mass is 35.5. The molecule has 0 fully saturated rings. The Morgan fingerprint density at radius 3 is 2.37 bits per heavy atom. The molecule has 30 heavy (non-hydrogen) atoms. The molecule has 3 aromatic rings. The number of carbonyl (C=O) groups is 1. The van der Waals surface area contributed by atoms with Crippen molar-refractivity contribution in [3.05, 3.63) is 97.4 Å². The van der Waals surface area contributed by atoms with Gasteiger partial charge in [0.15, 0.2) is 5.43 Å². The van der Waals surface area contributed by atoms with Crippen LogP contribution in [-0.4, -0.2) is 10.5 Å².